The molecule has 8 heteroatoms. The molecule has 0 N–H and O–H groups in total. The topological polar surface area (TPSA) is 36.0 Å². The number of ketones is 1. The molecule has 1 spiro atoms. The Bertz CT molecular complexity index is 1430. The summed E-state index contributed by atoms with van der Waals surface area (Å²) in [5, 5.41) is 0. The average molecular weight is 692 g/mol. The maximum atomic E-state index is 12.1. The number of ether oxygens (including phenoxy) is 1. The number of Topliss-reactive ketones (excluding diaryl/α,β-unsaturated/α-hetero) is 1. The van der Waals surface area contributed by atoms with E-state index >= 15 is 0 Å². The third kappa shape index (κ3) is 10.6. The van der Waals surface area contributed by atoms with Crippen LogP contribution in [0.4, 0.5) is 8.78 Å². The zero-order valence-corrected chi connectivity index (χ0v) is 33.0. The van der Waals surface area contributed by atoms with Gasteiger partial charge in [-0.1, -0.05) is 71.4 Å². The molecule has 5 rings (SSSR count). The second-order valence-electron chi connectivity index (χ2n) is 13.5. The monoisotopic (exact) mass is 692 g/mol. The first-order valence-electron chi connectivity index (χ1n) is 18.7. The lowest BCUT2D eigenvalue weighted by Gasteiger charge is -2.43. The SMILES string of the molecule is CC.CCC.FCF.[B]N1CCc2c(CN3CCN(Cc4c(CC)cc(C(=C/C)/C(C)=C(/C)C(C)=O)cc4OC)CC34CC4)cccc2C1C. The van der Waals surface area contributed by atoms with Crippen LogP contribution in [0.15, 0.2) is 47.6 Å². The number of hydrogen-bond acceptors (Lipinski definition) is 5. The highest BCUT2D eigenvalue weighted by atomic mass is 19.3. The molecule has 1 aliphatic carbocycles. The molecule has 1 saturated heterocycles. The van der Waals surface area contributed by atoms with Crippen LogP contribution in [-0.2, 0) is 30.7 Å². The number of aryl methyl sites for hydroxylation is 1. The maximum Gasteiger partial charge on any atom is 0.229 e. The molecule has 3 aliphatic rings. The highest BCUT2D eigenvalue weighted by Gasteiger charge is 2.51. The lowest BCUT2D eigenvalue weighted by atomic mass is 9.87. The highest BCUT2D eigenvalue weighted by molar-refractivity contribution is 6.04. The first-order chi connectivity index (χ1) is 23.9. The van der Waals surface area contributed by atoms with Gasteiger partial charge in [0.25, 0.3) is 0 Å². The van der Waals surface area contributed by atoms with E-state index in [2.05, 4.69) is 73.9 Å². The van der Waals surface area contributed by atoms with Gasteiger partial charge in [-0.15, -0.1) is 0 Å². The number of carbonyl (C=O) groups is 1. The maximum absolute atomic E-state index is 12.1. The Kier molecular flexibility index (Phi) is 18.1. The fourth-order valence-electron chi connectivity index (χ4n) is 7.24. The minimum atomic E-state index is -1.75. The molecule has 2 aromatic rings. The van der Waals surface area contributed by atoms with Gasteiger partial charge in [0.05, 0.1) is 7.11 Å². The number of rotatable bonds is 9. The lowest BCUT2D eigenvalue weighted by Crippen LogP contribution is -2.54. The smallest absolute Gasteiger partial charge is 0.229 e. The quantitative estimate of drug-likeness (QED) is 0.149. The Hall–Kier alpha value is -2.81. The molecular weight excluding hydrogens is 627 g/mol. The van der Waals surface area contributed by atoms with Crippen LogP contribution in [0.1, 0.15) is 128 Å². The Morgan fingerprint density at radius 1 is 1.00 bits per heavy atom. The number of fused-ring (bicyclic) bond motifs is 1. The average Bonchev–Trinajstić information content (AvgIpc) is 3.88. The second kappa shape index (κ2) is 20.9. The number of nitrogens with zero attached hydrogens (tertiary/aromatic N) is 3. The molecule has 2 radical (unpaired) electrons. The van der Waals surface area contributed by atoms with Crippen LogP contribution in [0.25, 0.3) is 5.57 Å². The zero-order valence-electron chi connectivity index (χ0n) is 33.0. The largest absolute Gasteiger partial charge is 0.496 e. The van der Waals surface area contributed by atoms with Crippen LogP contribution in [0, 0.1) is 0 Å². The molecular formula is C42H64BF2N3O2. The van der Waals surface area contributed by atoms with Crippen molar-refractivity contribution in [2.24, 2.45) is 0 Å². The number of methoxy groups -OCH3 is 1. The molecule has 50 heavy (non-hydrogen) atoms. The highest BCUT2D eigenvalue weighted by Crippen LogP contribution is 2.46. The van der Waals surface area contributed by atoms with Gasteiger partial charge in [-0.3, -0.25) is 14.6 Å². The number of benzene rings is 2. The van der Waals surface area contributed by atoms with E-state index in [1.165, 1.54) is 47.1 Å². The Morgan fingerprint density at radius 3 is 2.18 bits per heavy atom. The molecule has 0 amide bonds. The molecule has 0 aromatic heterocycles. The lowest BCUT2D eigenvalue weighted by molar-refractivity contribution is -0.113. The van der Waals surface area contributed by atoms with Crippen LogP contribution in [0.3, 0.4) is 0 Å². The fraction of sp³-hybridized carbons (Fsp3) is 0.595. The fourth-order valence-corrected chi connectivity index (χ4v) is 7.24. The summed E-state index contributed by atoms with van der Waals surface area (Å²) in [4.78, 5) is 19.5. The normalized spacial score (nSPS) is 19.1. The summed E-state index contributed by atoms with van der Waals surface area (Å²) in [5.74, 6) is 1.06. The van der Waals surface area contributed by atoms with Crippen molar-refractivity contribution in [1.82, 2.24) is 14.6 Å². The summed E-state index contributed by atoms with van der Waals surface area (Å²) in [6, 6.07) is 11.6. The number of allylic oxidation sites excluding steroid dienone is 4. The third-order valence-electron chi connectivity index (χ3n) is 10.3. The number of alkyl halides is 2. The summed E-state index contributed by atoms with van der Waals surface area (Å²) in [5.41, 5.74) is 11.4. The van der Waals surface area contributed by atoms with Crippen LogP contribution in [0.2, 0.25) is 0 Å². The van der Waals surface area contributed by atoms with E-state index in [0.717, 1.165) is 80.1 Å². The van der Waals surface area contributed by atoms with Crippen molar-refractivity contribution in [3.63, 3.8) is 0 Å². The van der Waals surface area contributed by atoms with Crippen LogP contribution >= 0.6 is 0 Å². The van der Waals surface area contributed by atoms with Crippen molar-refractivity contribution >= 4 is 19.3 Å². The minimum absolute atomic E-state index is 0.114. The molecule has 0 bridgehead atoms. The van der Waals surface area contributed by atoms with Gasteiger partial charge in [-0.2, -0.15) is 0 Å². The molecule has 2 fully saturated rings. The first kappa shape index (κ1) is 43.4. The van der Waals surface area contributed by atoms with E-state index in [1.807, 2.05) is 39.4 Å². The van der Waals surface area contributed by atoms with Gasteiger partial charge >= 0.3 is 0 Å². The van der Waals surface area contributed by atoms with Crippen molar-refractivity contribution in [3.8, 4) is 5.75 Å². The van der Waals surface area contributed by atoms with E-state index in [4.69, 9.17) is 12.7 Å². The molecule has 1 atom stereocenters. The zero-order chi connectivity index (χ0) is 37.6. The standard InChI is InChI=1S/C36H48BN3O2.C3H8.C2H6.CH2F2/c1-8-28-19-30(31(9-2)25(4)24(3)27(6)41)20-35(42-7)34(28)22-38-17-18-39(36(23-38)14-15-36)21-29-11-10-12-32-26(5)40(37)16-13-33(29)32;1-3-2;1-2;2-1-3/h9-12,19-20,26H,8,13-18,21-23H2,1-7H3;3H2,1-2H3;1-2H3;1H2/b25-24-,31-9+;;;. The van der Waals surface area contributed by atoms with Crippen molar-refractivity contribution < 1.29 is 18.3 Å². The molecule has 1 unspecified atom stereocenters. The van der Waals surface area contributed by atoms with E-state index in [-0.39, 0.29) is 17.4 Å². The van der Waals surface area contributed by atoms with Crippen molar-refractivity contribution in [3.05, 3.63) is 80.9 Å². The van der Waals surface area contributed by atoms with Gasteiger partial charge in [-0.05, 0) is 117 Å². The van der Waals surface area contributed by atoms with E-state index in [1.54, 1.807) is 14.0 Å². The first-order valence-corrected chi connectivity index (χ1v) is 18.7. The van der Waals surface area contributed by atoms with Gasteiger partial charge in [-0.25, -0.2) is 8.78 Å². The predicted octanol–water partition coefficient (Wildman–Crippen LogP) is 9.76. The summed E-state index contributed by atoms with van der Waals surface area (Å²) < 4.78 is 25.3. The van der Waals surface area contributed by atoms with Crippen LogP contribution in [0.5, 0.6) is 5.75 Å². The van der Waals surface area contributed by atoms with Gasteiger partial charge < -0.3 is 9.55 Å². The van der Waals surface area contributed by atoms with E-state index in [9.17, 15) is 13.6 Å². The van der Waals surface area contributed by atoms with E-state index in [0.29, 0.717) is 0 Å². The number of hydrogen-bond donors (Lipinski definition) is 0. The Morgan fingerprint density at radius 2 is 1.64 bits per heavy atom. The van der Waals surface area contributed by atoms with Crippen molar-refractivity contribution in [2.45, 2.75) is 126 Å². The molecule has 2 aromatic carbocycles. The Labute approximate surface area is 304 Å². The van der Waals surface area contributed by atoms with Gasteiger partial charge in [0.1, 0.15) is 5.75 Å². The van der Waals surface area contributed by atoms with Gasteiger partial charge in [0, 0.05) is 49.9 Å². The summed E-state index contributed by atoms with van der Waals surface area (Å²) in [6.45, 7) is 24.7. The van der Waals surface area contributed by atoms with Crippen molar-refractivity contribution in [2.75, 3.05) is 40.2 Å². The van der Waals surface area contributed by atoms with Crippen molar-refractivity contribution in [1.29, 1.82) is 0 Å². The van der Waals surface area contributed by atoms with Gasteiger partial charge in [0.2, 0.25) is 6.93 Å². The number of piperazine rings is 1. The molecule has 5 nitrogen and oxygen atoms in total. The molecule has 2 heterocycles. The number of carbonyl (C=O) groups excluding carboxylic acids is 1. The summed E-state index contributed by atoms with van der Waals surface area (Å²) in [7, 11) is 8.04. The molecule has 1 saturated carbocycles. The third-order valence-corrected chi connectivity index (χ3v) is 10.3. The summed E-state index contributed by atoms with van der Waals surface area (Å²) >= 11 is 0. The van der Waals surface area contributed by atoms with E-state index < -0.39 is 6.93 Å². The minimum Gasteiger partial charge on any atom is -0.496 e. The van der Waals surface area contributed by atoms with Gasteiger partial charge in [0.15, 0.2) is 13.8 Å². The summed E-state index contributed by atoms with van der Waals surface area (Å²) in [6.07, 6.45) is 7.88. The number of halogens is 2. The molecule has 2 aliphatic heterocycles. The Balaban J connectivity index is 0.000000996. The molecule has 276 valence electrons. The van der Waals surface area contributed by atoms with Crippen LogP contribution < -0.4 is 4.74 Å². The predicted molar refractivity (Wildman–Crippen MR) is 208 cm³/mol. The van der Waals surface area contributed by atoms with Crippen LogP contribution in [-0.4, -0.2) is 74.1 Å². The second-order valence-corrected chi connectivity index (χ2v) is 13.5.